The van der Waals surface area contributed by atoms with Crippen molar-refractivity contribution in [1.82, 2.24) is 0 Å². The van der Waals surface area contributed by atoms with E-state index in [1.54, 1.807) is 0 Å². The van der Waals surface area contributed by atoms with Gasteiger partial charge in [-0.1, -0.05) is 40.2 Å². The minimum Gasteiger partial charge on any atom is -0.375 e. The molecule has 1 aliphatic carbocycles. The molecule has 0 spiro atoms. The maximum absolute atomic E-state index is 14.2. The smallest absolute Gasteiger partial charge is 0.149 e. The van der Waals surface area contributed by atoms with E-state index in [0.29, 0.717) is 5.69 Å². The molecule has 1 aliphatic heterocycles. The van der Waals surface area contributed by atoms with Gasteiger partial charge in [0.05, 0.1) is 11.7 Å². The number of benzene rings is 2. The SMILES string of the molecule is Fc1cc(F)c2c(c1)[C@@H]1C=CC[C@@H]1[C@H](c1cccc(Br)c1)N2. The molecule has 0 radical (unpaired) electrons. The third kappa shape index (κ3) is 2.17. The topological polar surface area (TPSA) is 12.0 Å². The molecule has 2 aliphatic rings. The first-order chi connectivity index (χ1) is 10.6. The first-order valence-electron chi connectivity index (χ1n) is 7.31. The second-order valence-corrected chi connectivity index (χ2v) is 6.80. The summed E-state index contributed by atoms with van der Waals surface area (Å²) in [7, 11) is 0. The summed E-state index contributed by atoms with van der Waals surface area (Å²) in [5.74, 6) is -0.694. The van der Waals surface area contributed by atoms with E-state index in [0.717, 1.165) is 28.1 Å². The Bertz CT molecular complexity index is 772. The predicted octanol–water partition coefficient (Wildman–Crippen LogP) is 5.55. The highest BCUT2D eigenvalue weighted by Gasteiger charge is 2.39. The minimum atomic E-state index is -0.520. The van der Waals surface area contributed by atoms with Gasteiger partial charge in [0.15, 0.2) is 0 Å². The number of halogens is 3. The van der Waals surface area contributed by atoms with Gasteiger partial charge in [-0.3, -0.25) is 0 Å². The van der Waals surface area contributed by atoms with Gasteiger partial charge in [-0.2, -0.15) is 0 Å². The lowest BCUT2D eigenvalue weighted by Gasteiger charge is -2.37. The minimum absolute atomic E-state index is 0.0185. The molecular weight excluding hydrogens is 348 g/mol. The standard InChI is InChI=1S/C18H14BrF2N/c19-11-4-1-3-10(7-11)17-14-6-2-5-13(14)15-8-12(20)9-16(21)18(15)22-17/h1-5,7-9,13-14,17,22H,6H2/t13-,14+,17+/m1/s1. The van der Waals surface area contributed by atoms with Crippen LogP contribution in [0.5, 0.6) is 0 Å². The first-order valence-corrected chi connectivity index (χ1v) is 8.10. The van der Waals surface area contributed by atoms with Crippen LogP contribution in [-0.2, 0) is 0 Å². The lowest BCUT2D eigenvalue weighted by Crippen LogP contribution is -2.29. The number of rotatable bonds is 1. The van der Waals surface area contributed by atoms with E-state index in [-0.39, 0.29) is 17.9 Å². The van der Waals surface area contributed by atoms with Gasteiger partial charge in [0.1, 0.15) is 11.6 Å². The molecule has 1 N–H and O–H groups in total. The number of hydrogen-bond acceptors (Lipinski definition) is 1. The molecule has 0 fully saturated rings. The molecule has 1 heterocycles. The van der Waals surface area contributed by atoms with Crippen molar-refractivity contribution >= 4 is 21.6 Å². The van der Waals surface area contributed by atoms with Crippen LogP contribution in [0.15, 0.2) is 53.0 Å². The number of anilines is 1. The molecule has 22 heavy (non-hydrogen) atoms. The van der Waals surface area contributed by atoms with E-state index in [1.807, 2.05) is 18.2 Å². The molecule has 0 unspecified atom stereocenters. The van der Waals surface area contributed by atoms with Crippen LogP contribution < -0.4 is 5.32 Å². The number of hydrogen-bond donors (Lipinski definition) is 1. The summed E-state index contributed by atoms with van der Waals surface area (Å²) < 4.78 is 28.8. The molecule has 4 heteroatoms. The van der Waals surface area contributed by atoms with Gasteiger partial charge in [0, 0.05) is 16.5 Å². The molecule has 0 saturated heterocycles. The zero-order chi connectivity index (χ0) is 15.3. The summed E-state index contributed by atoms with van der Waals surface area (Å²) >= 11 is 3.49. The first kappa shape index (κ1) is 13.9. The molecule has 0 bridgehead atoms. The van der Waals surface area contributed by atoms with Gasteiger partial charge in [0.2, 0.25) is 0 Å². The van der Waals surface area contributed by atoms with E-state index in [9.17, 15) is 8.78 Å². The van der Waals surface area contributed by atoms with E-state index in [2.05, 4.69) is 39.5 Å². The van der Waals surface area contributed by atoms with Crippen molar-refractivity contribution in [3.05, 3.63) is 75.8 Å². The molecule has 0 aromatic heterocycles. The highest BCUT2D eigenvalue weighted by molar-refractivity contribution is 9.10. The third-order valence-corrected chi connectivity index (χ3v) is 5.09. The lowest BCUT2D eigenvalue weighted by atomic mass is 9.77. The average Bonchev–Trinajstić information content (AvgIpc) is 2.96. The van der Waals surface area contributed by atoms with Gasteiger partial charge in [0.25, 0.3) is 0 Å². The van der Waals surface area contributed by atoms with Crippen LogP contribution in [0.25, 0.3) is 0 Å². The van der Waals surface area contributed by atoms with Crippen molar-refractivity contribution in [1.29, 1.82) is 0 Å². The Morgan fingerprint density at radius 2 is 2.00 bits per heavy atom. The largest absolute Gasteiger partial charge is 0.375 e. The van der Waals surface area contributed by atoms with Crippen LogP contribution >= 0.6 is 15.9 Å². The summed E-state index contributed by atoms with van der Waals surface area (Å²) in [6.45, 7) is 0. The van der Waals surface area contributed by atoms with Crippen molar-refractivity contribution in [2.24, 2.45) is 5.92 Å². The van der Waals surface area contributed by atoms with Gasteiger partial charge >= 0.3 is 0 Å². The van der Waals surface area contributed by atoms with Crippen molar-refractivity contribution in [2.75, 3.05) is 5.32 Å². The van der Waals surface area contributed by atoms with E-state index in [1.165, 1.54) is 6.07 Å². The van der Waals surface area contributed by atoms with Crippen molar-refractivity contribution in [3.63, 3.8) is 0 Å². The maximum atomic E-state index is 14.2. The van der Waals surface area contributed by atoms with Gasteiger partial charge < -0.3 is 5.32 Å². The van der Waals surface area contributed by atoms with Crippen LogP contribution in [0.4, 0.5) is 14.5 Å². The molecule has 4 rings (SSSR count). The van der Waals surface area contributed by atoms with Crippen LogP contribution in [0.2, 0.25) is 0 Å². The van der Waals surface area contributed by atoms with Gasteiger partial charge in [-0.25, -0.2) is 8.78 Å². The Labute approximate surface area is 136 Å². The van der Waals surface area contributed by atoms with Crippen LogP contribution in [0.1, 0.15) is 29.5 Å². The van der Waals surface area contributed by atoms with Gasteiger partial charge in [-0.15, -0.1) is 0 Å². The van der Waals surface area contributed by atoms with Crippen LogP contribution in [0.3, 0.4) is 0 Å². The zero-order valence-electron chi connectivity index (χ0n) is 11.7. The molecule has 0 amide bonds. The Morgan fingerprint density at radius 1 is 1.14 bits per heavy atom. The van der Waals surface area contributed by atoms with E-state index >= 15 is 0 Å². The fraction of sp³-hybridized carbons (Fsp3) is 0.222. The fourth-order valence-electron chi connectivity index (χ4n) is 3.65. The Morgan fingerprint density at radius 3 is 2.82 bits per heavy atom. The molecule has 2 aromatic rings. The van der Waals surface area contributed by atoms with Crippen LogP contribution in [0, 0.1) is 17.6 Å². The number of allylic oxidation sites excluding steroid dienone is 2. The highest BCUT2D eigenvalue weighted by Crippen LogP contribution is 2.50. The molecule has 2 aromatic carbocycles. The molecule has 0 saturated carbocycles. The second-order valence-electron chi connectivity index (χ2n) is 5.88. The van der Waals surface area contributed by atoms with Crippen molar-refractivity contribution in [2.45, 2.75) is 18.4 Å². The van der Waals surface area contributed by atoms with Crippen molar-refractivity contribution in [3.8, 4) is 0 Å². The lowest BCUT2D eigenvalue weighted by molar-refractivity contribution is 0.418. The summed E-state index contributed by atoms with van der Waals surface area (Å²) in [6, 6.07) is 10.5. The normalized spacial score (nSPS) is 25.5. The van der Waals surface area contributed by atoms with Crippen molar-refractivity contribution < 1.29 is 8.78 Å². The molecular formula is C18H14BrF2N. The van der Waals surface area contributed by atoms with E-state index < -0.39 is 11.6 Å². The Kier molecular flexibility index (Phi) is 3.30. The fourth-order valence-corrected chi connectivity index (χ4v) is 4.07. The summed E-state index contributed by atoms with van der Waals surface area (Å²) in [5, 5.41) is 3.30. The quantitative estimate of drug-likeness (QED) is 0.656. The molecule has 112 valence electrons. The monoisotopic (exact) mass is 361 g/mol. The van der Waals surface area contributed by atoms with Gasteiger partial charge in [-0.05, 0) is 41.7 Å². The predicted molar refractivity (Wildman–Crippen MR) is 86.9 cm³/mol. The second kappa shape index (κ2) is 5.20. The van der Waals surface area contributed by atoms with E-state index in [4.69, 9.17) is 0 Å². The number of fused-ring (bicyclic) bond motifs is 3. The van der Waals surface area contributed by atoms with Crippen LogP contribution in [-0.4, -0.2) is 0 Å². The summed E-state index contributed by atoms with van der Waals surface area (Å²) in [5.41, 5.74) is 2.27. The third-order valence-electron chi connectivity index (χ3n) is 4.59. The Hall–Kier alpha value is -1.68. The number of nitrogens with one attached hydrogen (secondary N) is 1. The molecule has 1 nitrogen and oxygen atoms in total. The summed E-state index contributed by atoms with van der Waals surface area (Å²) in [4.78, 5) is 0. The average molecular weight is 362 g/mol. The maximum Gasteiger partial charge on any atom is 0.149 e. The Balaban J connectivity index is 1.84. The zero-order valence-corrected chi connectivity index (χ0v) is 13.3. The highest BCUT2D eigenvalue weighted by atomic mass is 79.9. The molecule has 3 atom stereocenters. The summed E-state index contributed by atoms with van der Waals surface area (Å²) in [6.07, 6.45) is 5.10.